The Morgan fingerprint density at radius 3 is 2.86 bits per heavy atom. The summed E-state index contributed by atoms with van der Waals surface area (Å²) in [5.41, 5.74) is 0.262. The highest BCUT2D eigenvalue weighted by Crippen LogP contribution is 2.27. The number of carbonyl (C=O) groups is 1. The van der Waals surface area contributed by atoms with Crippen molar-refractivity contribution in [3.8, 4) is 0 Å². The second-order valence-electron chi connectivity index (χ2n) is 6.52. The van der Waals surface area contributed by atoms with Crippen molar-refractivity contribution in [1.82, 2.24) is 24.4 Å². The first-order valence-electron chi connectivity index (χ1n) is 8.82. The molecule has 0 bridgehead atoms. The Hall–Kier alpha value is -2.01. The minimum Gasteiger partial charge on any atom is -0.334 e. The number of hydrogen-bond donors (Lipinski definition) is 0. The normalized spacial score (nSPS) is 17.9. The topological polar surface area (TPSA) is 97.6 Å². The quantitative estimate of drug-likeness (QED) is 0.652. The molecular weight excluding hydrogens is 406 g/mol. The third-order valence-corrected chi connectivity index (χ3v) is 6.97. The molecule has 0 aliphatic carbocycles. The Morgan fingerprint density at radius 2 is 2.18 bits per heavy atom. The van der Waals surface area contributed by atoms with E-state index in [9.17, 15) is 13.2 Å². The van der Waals surface area contributed by atoms with Crippen molar-refractivity contribution >= 4 is 27.5 Å². The summed E-state index contributed by atoms with van der Waals surface area (Å²) in [5, 5.41) is 7.80. The number of aromatic nitrogens is 3. The maximum Gasteiger partial charge on any atom is 0.266 e. The van der Waals surface area contributed by atoms with Crippen LogP contribution in [-0.2, 0) is 21.4 Å². The maximum absolute atomic E-state index is 13.2. The predicted octanol–water partition coefficient (Wildman–Crippen LogP) is 1.81. The van der Waals surface area contributed by atoms with E-state index in [0.29, 0.717) is 17.6 Å². The highest BCUT2D eigenvalue weighted by molar-refractivity contribution is 7.89. The van der Waals surface area contributed by atoms with Gasteiger partial charge in [-0.3, -0.25) is 14.3 Å². The molecule has 2 aromatic rings. The number of halogens is 1. The van der Waals surface area contributed by atoms with E-state index in [4.69, 9.17) is 16.4 Å². The number of hydrogen-bond acceptors (Lipinski definition) is 6. The fourth-order valence-corrected chi connectivity index (χ4v) is 4.71. The fraction of sp³-hybridized carbons (Fsp3) is 0.471. The van der Waals surface area contributed by atoms with Crippen molar-refractivity contribution in [3.05, 3.63) is 41.2 Å². The van der Waals surface area contributed by atoms with Gasteiger partial charge in [0.15, 0.2) is 0 Å². The monoisotopic (exact) mass is 427 g/mol. The van der Waals surface area contributed by atoms with Crippen LogP contribution in [0.2, 0.25) is 5.02 Å². The summed E-state index contributed by atoms with van der Waals surface area (Å²) in [7, 11) is -1.47. The van der Waals surface area contributed by atoms with Gasteiger partial charge in [-0.25, -0.2) is 8.42 Å². The van der Waals surface area contributed by atoms with Gasteiger partial charge in [0.1, 0.15) is 4.90 Å². The van der Waals surface area contributed by atoms with Gasteiger partial charge < -0.3 is 4.90 Å². The van der Waals surface area contributed by atoms with E-state index in [1.165, 1.54) is 32.4 Å². The lowest BCUT2D eigenvalue weighted by Crippen LogP contribution is -2.46. The number of sulfonamides is 1. The molecule has 1 aromatic heterocycles. The summed E-state index contributed by atoms with van der Waals surface area (Å²) >= 11 is 6.09. The molecule has 1 saturated heterocycles. The van der Waals surface area contributed by atoms with Crippen LogP contribution in [0.5, 0.6) is 0 Å². The Balaban J connectivity index is 1.89. The summed E-state index contributed by atoms with van der Waals surface area (Å²) < 4.78 is 27.6. The van der Waals surface area contributed by atoms with Crippen LogP contribution in [0.25, 0.3) is 0 Å². The Bertz CT molecular complexity index is 935. The van der Waals surface area contributed by atoms with E-state index in [-0.39, 0.29) is 27.4 Å². The van der Waals surface area contributed by atoms with Crippen LogP contribution in [0.3, 0.4) is 0 Å². The van der Waals surface area contributed by atoms with Crippen LogP contribution in [-0.4, -0.2) is 65.4 Å². The highest BCUT2D eigenvalue weighted by atomic mass is 35.5. The highest BCUT2D eigenvalue weighted by Gasteiger charge is 2.30. The summed E-state index contributed by atoms with van der Waals surface area (Å²) in [6.45, 7) is 1.14. The maximum atomic E-state index is 13.2. The van der Waals surface area contributed by atoms with Crippen molar-refractivity contribution in [2.45, 2.75) is 36.7 Å². The molecule has 152 valence electrons. The second-order valence-corrected chi connectivity index (χ2v) is 8.83. The number of benzene rings is 1. The summed E-state index contributed by atoms with van der Waals surface area (Å²) in [6.07, 6.45) is 6.10. The lowest BCUT2D eigenvalue weighted by atomic mass is 10.0. The zero-order valence-electron chi connectivity index (χ0n) is 15.7. The number of rotatable bonds is 6. The SMILES string of the molecule is CON(C)S(=O)(=O)c1cc(C(=O)N2CCCCC2Cn2ccnn2)ccc1Cl. The lowest BCUT2D eigenvalue weighted by Gasteiger charge is -2.35. The molecule has 28 heavy (non-hydrogen) atoms. The number of carbonyl (C=O) groups excluding carboxylic acids is 1. The molecule has 9 nitrogen and oxygen atoms in total. The molecule has 0 radical (unpaired) electrons. The molecule has 11 heteroatoms. The minimum absolute atomic E-state index is 0.0262. The van der Waals surface area contributed by atoms with Gasteiger partial charge in [0.25, 0.3) is 15.9 Å². The summed E-state index contributed by atoms with van der Waals surface area (Å²) in [6, 6.07) is 4.22. The zero-order valence-corrected chi connectivity index (χ0v) is 17.2. The first-order chi connectivity index (χ1) is 13.3. The first-order valence-corrected chi connectivity index (χ1v) is 10.6. The van der Waals surface area contributed by atoms with Gasteiger partial charge in [0.05, 0.1) is 30.9 Å². The molecule has 1 aromatic carbocycles. The van der Waals surface area contributed by atoms with E-state index in [2.05, 4.69) is 10.3 Å². The smallest absolute Gasteiger partial charge is 0.266 e. The average Bonchev–Trinajstić information content (AvgIpc) is 3.20. The molecule has 1 atom stereocenters. The van der Waals surface area contributed by atoms with E-state index in [0.717, 1.165) is 19.3 Å². The predicted molar refractivity (Wildman–Crippen MR) is 102 cm³/mol. The Kier molecular flexibility index (Phi) is 6.33. The standard InChI is InChI=1S/C17H22ClN5O4S/c1-21(27-2)28(25,26)16-11-13(6-7-15(16)18)17(24)23-9-4-3-5-14(23)12-22-10-8-19-20-22/h6-8,10-11,14H,3-5,9,12H2,1-2H3. The lowest BCUT2D eigenvalue weighted by molar-refractivity contribution is -0.0258. The molecule has 3 rings (SSSR count). The number of piperidine rings is 1. The van der Waals surface area contributed by atoms with Crippen LogP contribution in [0.15, 0.2) is 35.5 Å². The Morgan fingerprint density at radius 1 is 1.39 bits per heavy atom. The molecule has 0 N–H and O–H groups in total. The molecule has 1 fully saturated rings. The van der Waals surface area contributed by atoms with E-state index in [1.807, 2.05) is 0 Å². The summed E-state index contributed by atoms with van der Waals surface area (Å²) in [4.78, 5) is 19.6. The van der Waals surface area contributed by atoms with Crippen LogP contribution >= 0.6 is 11.6 Å². The van der Waals surface area contributed by atoms with Crippen molar-refractivity contribution in [1.29, 1.82) is 0 Å². The molecule has 1 unspecified atom stereocenters. The van der Waals surface area contributed by atoms with E-state index < -0.39 is 10.0 Å². The van der Waals surface area contributed by atoms with Gasteiger partial charge in [-0.1, -0.05) is 21.3 Å². The molecule has 1 amide bonds. The van der Waals surface area contributed by atoms with E-state index in [1.54, 1.807) is 22.0 Å². The molecule has 1 aliphatic rings. The van der Waals surface area contributed by atoms with Crippen LogP contribution < -0.4 is 0 Å². The van der Waals surface area contributed by atoms with Gasteiger partial charge in [0, 0.05) is 25.4 Å². The number of hydroxylamine groups is 1. The Labute approximate surface area is 168 Å². The van der Waals surface area contributed by atoms with Gasteiger partial charge in [-0.2, -0.15) is 0 Å². The van der Waals surface area contributed by atoms with Crippen molar-refractivity contribution in [3.63, 3.8) is 0 Å². The number of nitrogens with zero attached hydrogens (tertiary/aromatic N) is 5. The van der Waals surface area contributed by atoms with Crippen molar-refractivity contribution in [2.75, 3.05) is 20.7 Å². The van der Waals surface area contributed by atoms with E-state index >= 15 is 0 Å². The minimum atomic E-state index is -3.97. The summed E-state index contributed by atoms with van der Waals surface area (Å²) in [5.74, 6) is -0.238. The van der Waals surface area contributed by atoms with Gasteiger partial charge >= 0.3 is 0 Å². The van der Waals surface area contributed by atoms with Crippen LogP contribution in [0.4, 0.5) is 0 Å². The van der Waals surface area contributed by atoms with Gasteiger partial charge in [0.2, 0.25) is 0 Å². The first kappa shape index (κ1) is 20.7. The van der Waals surface area contributed by atoms with Gasteiger partial charge in [-0.05, 0) is 37.5 Å². The third-order valence-electron chi connectivity index (χ3n) is 4.81. The largest absolute Gasteiger partial charge is 0.334 e. The van der Waals surface area contributed by atoms with Crippen LogP contribution in [0.1, 0.15) is 29.6 Å². The fourth-order valence-electron chi connectivity index (χ4n) is 3.24. The zero-order chi connectivity index (χ0) is 20.3. The third kappa shape index (κ3) is 4.19. The molecule has 0 spiro atoms. The van der Waals surface area contributed by atoms with Gasteiger partial charge in [-0.15, -0.1) is 5.10 Å². The van der Waals surface area contributed by atoms with Crippen molar-refractivity contribution < 1.29 is 18.0 Å². The number of amides is 1. The van der Waals surface area contributed by atoms with Crippen molar-refractivity contribution in [2.24, 2.45) is 0 Å². The number of likely N-dealkylation sites (tertiary alicyclic amines) is 1. The molecule has 1 aliphatic heterocycles. The molecule has 0 saturated carbocycles. The average molecular weight is 428 g/mol. The second kappa shape index (κ2) is 8.56. The molecule has 2 heterocycles. The van der Waals surface area contributed by atoms with Crippen LogP contribution in [0, 0.1) is 0 Å². The molecular formula is C17H22ClN5O4S.